The van der Waals surface area contributed by atoms with Crippen LogP contribution in [0.2, 0.25) is 0 Å². The fourth-order valence-corrected chi connectivity index (χ4v) is 3.69. The summed E-state index contributed by atoms with van der Waals surface area (Å²) < 4.78 is 90.2. The van der Waals surface area contributed by atoms with E-state index in [4.69, 9.17) is 0 Å². The van der Waals surface area contributed by atoms with Gasteiger partial charge in [-0.2, -0.15) is 22.0 Å². The van der Waals surface area contributed by atoms with Gasteiger partial charge in [0.1, 0.15) is 0 Å². The number of amides is 1. The molecule has 1 amide bonds. The molecule has 1 atom stereocenters. The summed E-state index contributed by atoms with van der Waals surface area (Å²) in [6.45, 7) is -0.822. The predicted octanol–water partition coefficient (Wildman–Crippen LogP) is 0.846. The van der Waals surface area contributed by atoms with Crippen LogP contribution in [0.25, 0.3) is 0 Å². The number of rotatable bonds is 5. The highest BCUT2D eigenvalue weighted by Gasteiger charge is 2.65. The van der Waals surface area contributed by atoms with Crippen LogP contribution in [0.5, 0.6) is 0 Å². The van der Waals surface area contributed by atoms with E-state index in [1.54, 1.807) is 0 Å². The van der Waals surface area contributed by atoms with Crippen LogP contribution in [0.1, 0.15) is 6.42 Å². The summed E-state index contributed by atoms with van der Waals surface area (Å²) in [6.07, 6.45) is -6.21. The minimum atomic E-state index is -6.03. The van der Waals surface area contributed by atoms with Crippen molar-refractivity contribution in [1.82, 2.24) is 4.90 Å². The molecule has 0 aromatic rings. The number of halogens is 5. The second-order valence-electron chi connectivity index (χ2n) is 4.62. The van der Waals surface area contributed by atoms with Gasteiger partial charge in [0.2, 0.25) is 0 Å². The number of hydrogen-bond donors (Lipinski definition) is 0. The standard InChI is InChI=1S/C10H14F5NO4S/c1-20-4-3-16(7-2-5-21(18,19)6-7)8(17)9(11,12)10(13,14)15/h7H,2-6H2,1H3. The Bertz CT molecular complexity index is 490. The molecule has 1 unspecified atom stereocenters. The third-order valence-corrected chi connectivity index (χ3v) is 4.82. The lowest BCUT2D eigenvalue weighted by atomic mass is 10.1. The maximum Gasteiger partial charge on any atom is 0.463 e. The topological polar surface area (TPSA) is 63.7 Å². The lowest BCUT2D eigenvalue weighted by Gasteiger charge is -2.31. The van der Waals surface area contributed by atoms with E-state index in [1.807, 2.05) is 0 Å². The number of carbonyl (C=O) groups excluding carboxylic acids is 1. The molecule has 5 nitrogen and oxygen atoms in total. The number of hydrogen-bond acceptors (Lipinski definition) is 4. The molecule has 0 saturated carbocycles. The monoisotopic (exact) mass is 339 g/mol. The van der Waals surface area contributed by atoms with E-state index in [1.165, 1.54) is 7.11 Å². The zero-order valence-corrected chi connectivity index (χ0v) is 11.8. The first-order valence-corrected chi connectivity index (χ1v) is 7.69. The number of ether oxygens (including phenoxy) is 1. The Morgan fingerprint density at radius 3 is 2.24 bits per heavy atom. The predicted molar refractivity (Wildman–Crippen MR) is 61.6 cm³/mol. The Kier molecular flexibility index (Phi) is 5.19. The van der Waals surface area contributed by atoms with Gasteiger partial charge in [-0.25, -0.2) is 8.42 Å². The van der Waals surface area contributed by atoms with Crippen molar-refractivity contribution in [2.45, 2.75) is 24.6 Å². The van der Waals surface area contributed by atoms with Crippen molar-refractivity contribution < 1.29 is 39.9 Å². The SMILES string of the molecule is COCCN(C(=O)C(F)(F)C(F)(F)F)C1CCS(=O)(=O)C1. The highest BCUT2D eigenvalue weighted by Crippen LogP contribution is 2.37. The molecule has 1 rings (SSSR count). The van der Waals surface area contributed by atoms with Crippen molar-refractivity contribution in [2.75, 3.05) is 31.8 Å². The van der Waals surface area contributed by atoms with Crippen LogP contribution >= 0.6 is 0 Å². The van der Waals surface area contributed by atoms with Crippen molar-refractivity contribution in [1.29, 1.82) is 0 Å². The number of methoxy groups -OCH3 is 1. The molecule has 0 bridgehead atoms. The third kappa shape index (κ3) is 4.02. The van der Waals surface area contributed by atoms with Gasteiger partial charge >= 0.3 is 18.0 Å². The van der Waals surface area contributed by atoms with E-state index in [0.29, 0.717) is 0 Å². The van der Waals surface area contributed by atoms with E-state index >= 15 is 0 Å². The molecule has 11 heteroatoms. The normalized spacial score (nSPS) is 22.3. The second kappa shape index (κ2) is 6.03. The van der Waals surface area contributed by atoms with Gasteiger partial charge in [0.25, 0.3) is 0 Å². The quantitative estimate of drug-likeness (QED) is 0.697. The maximum absolute atomic E-state index is 13.1. The van der Waals surface area contributed by atoms with Crippen molar-refractivity contribution in [3.63, 3.8) is 0 Å². The van der Waals surface area contributed by atoms with Gasteiger partial charge in [0, 0.05) is 19.7 Å². The van der Waals surface area contributed by atoms with Gasteiger partial charge in [-0.15, -0.1) is 0 Å². The molecule has 1 heterocycles. The molecule has 0 radical (unpaired) electrons. The number of alkyl halides is 5. The zero-order chi connectivity index (χ0) is 16.5. The van der Waals surface area contributed by atoms with Gasteiger partial charge in [-0.3, -0.25) is 4.79 Å². The molecule has 1 aliphatic rings. The van der Waals surface area contributed by atoms with Crippen LogP contribution in [-0.4, -0.2) is 69.1 Å². The summed E-state index contributed by atoms with van der Waals surface area (Å²) >= 11 is 0. The summed E-state index contributed by atoms with van der Waals surface area (Å²) in [5.41, 5.74) is 0. The first kappa shape index (κ1) is 18.1. The Morgan fingerprint density at radius 1 is 1.29 bits per heavy atom. The molecule has 0 aliphatic carbocycles. The third-order valence-electron chi connectivity index (χ3n) is 3.07. The van der Waals surface area contributed by atoms with E-state index in [2.05, 4.69) is 4.74 Å². The molecule has 124 valence electrons. The van der Waals surface area contributed by atoms with Gasteiger partial charge < -0.3 is 9.64 Å². The lowest BCUT2D eigenvalue weighted by molar-refractivity contribution is -0.275. The molecule has 0 spiro atoms. The highest BCUT2D eigenvalue weighted by atomic mass is 32.2. The second-order valence-corrected chi connectivity index (χ2v) is 6.85. The summed E-state index contributed by atoms with van der Waals surface area (Å²) in [5, 5.41) is 0. The summed E-state index contributed by atoms with van der Waals surface area (Å²) in [4.78, 5) is 11.8. The smallest absolute Gasteiger partial charge is 0.383 e. The number of sulfone groups is 1. The fourth-order valence-electron chi connectivity index (χ4n) is 1.96. The van der Waals surface area contributed by atoms with Crippen LogP contribution in [0.15, 0.2) is 0 Å². The van der Waals surface area contributed by atoms with Crippen molar-refractivity contribution >= 4 is 15.7 Å². The summed E-state index contributed by atoms with van der Waals surface area (Å²) in [7, 11) is -2.36. The average Bonchev–Trinajstić information content (AvgIpc) is 2.68. The zero-order valence-electron chi connectivity index (χ0n) is 11.0. The molecule has 21 heavy (non-hydrogen) atoms. The Hall–Kier alpha value is -0.970. The molecule has 1 aliphatic heterocycles. The molecule has 0 aromatic carbocycles. The number of nitrogens with zero attached hydrogens (tertiary/aromatic N) is 1. The van der Waals surface area contributed by atoms with Crippen LogP contribution in [0, 0.1) is 0 Å². The number of carbonyl (C=O) groups is 1. The summed E-state index contributed by atoms with van der Waals surface area (Å²) in [6, 6.07) is -1.20. The minimum Gasteiger partial charge on any atom is -0.383 e. The van der Waals surface area contributed by atoms with Gasteiger partial charge in [-0.05, 0) is 6.42 Å². The first-order chi connectivity index (χ1) is 9.42. The largest absolute Gasteiger partial charge is 0.463 e. The lowest BCUT2D eigenvalue weighted by Crippen LogP contribution is -2.56. The van der Waals surface area contributed by atoms with Crippen LogP contribution in [-0.2, 0) is 19.4 Å². The molecular formula is C10H14F5NO4S. The van der Waals surface area contributed by atoms with Gasteiger partial charge in [-0.1, -0.05) is 0 Å². The minimum absolute atomic E-state index is 0.175. The van der Waals surface area contributed by atoms with Crippen molar-refractivity contribution in [3.05, 3.63) is 0 Å². The van der Waals surface area contributed by atoms with Crippen LogP contribution in [0.4, 0.5) is 22.0 Å². The molecular weight excluding hydrogens is 325 g/mol. The molecule has 1 saturated heterocycles. The average molecular weight is 339 g/mol. The van der Waals surface area contributed by atoms with Gasteiger partial charge in [0.15, 0.2) is 9.84 Å². The maximum atomic E-state index is 13.1. The van der Waals surface area contributed by atoms with Crippen molar-refractivity contribution in [3.8, 4) is 0 Å². The highest BCUT2D eigenvalue weighted by molar-refractivity contribution is 7.91. The fraction of sp³-hybridized carbons (Fsp3) is 0.900. The van der Waals surface area contributed by atoms with Crippen LogP contribution in [0.3, 0.4) is 0 Å². The molecule has 0 N–H and O–H groups in total. The Labute approximate surface area is 118 Å². The van der Waals surface area contributed by atoms with E-state index in [9.17, 15) is 35.2 Å². The molecule has 0 aromatic heterocycles. The van der Waals surface area contributed by atoms with E-state index in [-0.39, 0.29) is 23.7 Å². The summed E-state index contributed by atoms with van der Waals surface area (Å²) in [5.74, 6) is -9.00. The first-order valence-electron chi connectivity index (χ1n) is 5.87. The Morgan fingerprint density at radius 2 is 1.86 bits per heavy atom. The van der Waals surface area contributed by atoms with Crippen LogP contribution < -0.4 is 0 Å². The molecule has 1 fully saturated rings. The van der Waals surface area contributed by atoms with Gasteiger partial charge in [0.05, 0.1) is 18.1 Å². The van der Waals surface area contributed by atoms with Crippen molar-refractivity contribution in [2.24, 2.45) is 0 Å². The van der Waals surface area contributed by atoms with E-state index in [0.717, 1.165) is 0 Å². The van der Waals surface area contributed by atoms with E-state index < -0.39 is 46.2 Å². The Balaban J connectivity index is 3.00.